The molecule has 0 amide bonds. The maximum Gasteiger partial charge on any atom is 0.140 e. The molecule has 1 unspecified atom stereocenters. The van der Waals surface area contributed by atoms with Crippen LogP contribution in [0.1, 0.15) is 25.3 Å². The molecule has 100 valence electrons. The van der Waals surface area contributed by atoms with E-state index in [1.54, 1.807) is 6.07 Å². The molecule has 0 saturated heterocycles. The lowest BCUT2D eigenvalue weighted by atomic mass is 10.1. The van der Waals surface area contributed by atoms with E-state index in [2.05, 4.69) is 10.5 Å². The Kier molecular flexibility index (Phi) is 6.14. The van der Waals surface area contributed by atoms with Gasteiger partial charge in [0.25, 0.3) is 0 Å². The number of benzene rings is 1. The molecule has 1 atom stereocenters. The maximum atomic E-state index is 13.0. The lowest BCUT2D eigenvalue weighted by Gasteiger charge is -2.16. The van der Waals surface area contributed by atoms with Gasteiger partial charge in [-0.2, -0.15) is 0 Å². The molecule has 0 aliphatic rings. The van der Waals surface area contributed by atoms with Crippen molar-refractivity contribution >= 4 is 5.84 Å². The minimum absolute atomic E-state index is 0.175. The predicted octanol–water partition coefficient (Wildman–Crippen LogP) is 1.87. The van der Waals surface area contributed by atoms with Crippen molar-refractivity contribution in [1.82, 2.24) is 5.32 Å². The molecule has 5 heteroatoms. The van der Waals surface area contributed by atoms with Crippen molar-refractivity contribution < 1.29 is 9.60 Å². The fraction of sp³-hybridized carbons (Fsp3) is 0.462. The lowest BCUT2D eigenvalue weighted by Crippen LogP contribution is -2.34. The highest BCUT2D eigenvalue weighted by Crippen LogP contribution is 2.04. The van der Waals surface area contributed by atoms with Gasteiger partial charge in [-0.3, -0.25) is 0 Å². The third kappa shape index (κ3) is 5.14. The van der Waals surface area contributed by atoms with Gasteiger partial charge in [-0.15, -0.1) is 0 Å². The molecule has 18 heavy (non-hydrogen) atoms. The zero-order chi connectivity index (χ0) is 13.4. The van der Waals surface area contributed by atoms with E-state index in [0.717, 1.165) is 24.9 Å². The van der Waals surface area contributed by atoms with Crippen LogP contribution in [0.2, 0.25) is 0 Å². The van der Waals surface area contributed by atoms with Crippen LogP contribution in [0.3, 0.4) is 0 Å². The number of hydrogen-bond acceptors (Lipinski definition) is 3. The normalized spacial score (nSPS) is 13.6. The average molecular weight is 253 g/mol. The molecule has 0 saturated carbocycles. The summed E-state index contributed by atoms with van der Waals surface area (Å²) in [6.45, 7) is 2.77. The number of nitrogens with zero attached hydrogens (tertiary/aromatic N) is 1. The third-order valence-corrected chi connectivity index (χ3v) is 2.81. The van der Waals surface area contributed by atoms with Gasteiger partial charge in [-0.1, -0.05) is 24.2 Å². The van der Waals surface area contributed by atoms with Gasteiger partial charge in [-0.25, -0.2) is 4.39 Å². The Hall–Kier alpha value is -1.62. The second-order valence-electron chi connectivity index (χ2n) is 4.23. The maximum absolute atomic E-state index is 13.0. The van der Waals surface area contributed by atoms with Crippen LogP contribution in [0.25, 0.3) is 0 Å². The Labute approximate surface area is 107 Å². The molecule has 1 rings (SSSR count). The van der Waals surface area contributed by atoms with Crippen LogP contribution in [0.5, 0.6) is 0 Å². The standard InChI is InChI=1S/C13H20FN3O/c1-2-12(9-13(15)17-18)16-7-6-10-4-3-5-11(14)8-10/h3-5,8,12,16,18H,2,6-7,9H2,1H3,(H2,15,17). The SMILES string of the molecule is CCC(C/C(N)=N/O)NCCc1cccc(F)c1. The van der Waals surface area contributed by atoms with E-state index in [9.17, 15) is 4.39 Å². The molecule has 4 N–H and O–H groups in total. The highest BCUT2D eigenvalue weighted by molar-refractivity contribution is 5.80. The van der Waals surface area contributed by atoms with Gasteiger partial charge in [-0.05, 0) is 37.1 Å². The minimum atomic E-state index is -0.212. The van der Waals surface area contributed by atoms with Crippen molar-refractivity contribution in [3.63, 3.8) is 0 Å². The molecule has 0 bridgehead atoms. The Morgan fingerprint density at radius 3 is 2.94 bits per heavy atom. The summed E-state index contributed by atoms with van der Waals surface area (Å²) in [5.74, 6) is 0.0105. The van der Waals surface area contributed by atoms with E-state index in [1.807, 2.05) is 13.0 Å². The molecule has 0 aliphatic heterocycles. The fourth-order valence-corrected chi connectivity index (χ4v) is 1.77. The van der Waals surface area contributed by atoms with E-state index in [1.165, 1.54) is 12.1 Å². The van der Waals surface area contributed by atoms with Crippen LogP contribution in [0, 0.1) is 5.82 Å². The summed E-state index contributed by atoms with van der Waals surface area (Å²) in [6.07, 6.45) is 2.15. The molecule has 0 spiro atoms. The molecular weight excluding hydrogens is 233 g/mol. The summed E-state index contributed by atoms with van der Waals surface area (Å²) in [6, 6.07) is 6.75. The number of rotatable bonds is 7. The van der Waals surface area contributed by atoms with E-state index in [4.69, 9.17) is 10.9 Å². The summed E-state index contributed by atoms with van der Waals surface area (Å²) >= 11 is 0. The quantitative estimate of drug-likeness (QED) is 0.301. The molecule has 0 aromatic heterocycles. The van der Waals surface area contributed by atoms with Crippen molar-refractivity contribution in [3.05, 3.63) is 35.6 Å². The van der Waals surface area contributed by atoms with E-state index in [0.29, 0.717) is 6.42 Å². The summed E-state index contributed by atoms with van der Waals surface area (Å²) in [5, 5.41) is 14.8. The highest BCUT2D eigenvalue weighted by atomic mass is 19.1. The molecule has 0 radical (unpaired) electrons. The summed E-state index contributed by atoms with van der Waals surface area (Å²) in [7, 11) is 0. The van der Waals surface area contributed by atoms with Gasteiger partial charge in [0.05, 0.1) is 0 Å². The van der Waals surface area contributed by atoms with Crippen LogP contribution in [-0.2, 0) is 6.42 Å². The Morgan fingerprint density at radius 2 is 2.33 bits per heavy atom. The minimum Gasteiger partial charge on any atom is -0.409 e. The zero-order valence-electron chi connectivity index (χ0n) is 10.6. The molecule has 1 aromatic carbocycles. The summed E-state index contributed by atoms with van der Waals surface area (Å²) in [5.41, 5.74) is 6.42. The molecule has 0 fully saturated rings. The first-order valence-corrected chi connectivity index (χ1v) is 6.10. The van der Waals surface area contributed by atoms with Crippen LogP contribution < -0.4 is 11.1 Å². The molecule has 0 heterocycles. The first kappa shape index (κ1) is 14.4. The van der Waals surface area contributed by atoms with Crippen molar-refractivity contribution in [2.45, 2.75) is 32.2 Å². The largest absolute Gasteiger partial charge is 0.409 e. The van der Waals surface area contributed by atoms with Crippen LogP contribution in [-0.4, -0.2) is 23.6 Å². The summed E-state index contributed by atoms with van der Waals surface area (Å²) in [4.78, 5) is 0. The third-order valence-electron chi connectivity index (χ3n) is 2.81. The Morgan fingerprint density at radius 1 is 1.56 bits per heavy atom. The average Bonchev–Trinajstić information content (AvgIpc) is 2.37. The van der Waals surface area contributed by atoms with Crippen molar-refractivity contribution in [3.8, 4) is 0 Å². The van der Waals surface area contributed by atoms with E-state index >= 15 is 0 Å². The van der Waals surface area contributed by atoms with Crippen molar-refractivity contribution in [2.24, 2.45) is 10.9 Å². The van der Waals surface area contributed by atoms with Crippen LogP contribution in [0.4, 0.5) is 4.39 Å². The molecule has 1 aromatic rings. The first-order valence-electron chi connectivity index (χ1n) is 6.10. The lowest BCUT2D eigenvalue weighted by molar-refractivity contribution is 0.315. The van der Waals surface area contributed by atoms with Gasteiger partial charge < -0.3 is 16.3 Å². The van der Waals surface area contributed by atoms with Gasteiger partial charge >= 0.3 is 0 Å². The Bertz CT molecular complexity index is 396. The first-order chi connectivity index (χ1) is 8.65. The second-order valence-corrected chi connectivity index (χ2v) is 4.23. The second kappa shape index (κ2) is 7.66. The smallest absolute Gasteiger partial charge is 0.140 e. The van der Waals surface area contributed by atoms with Gasteiger partial charge in [0.1, 0.15) is 11.7 Å². The number of oxime groups is 1. The highest BCUT2D eigenvalue weighted by Gasteiger charge is 2.07. The number of halogens is 1. The van der Waals surface area contributed by atoms with Crippen LogP contribution in [0.15, 0.2) is 29.4 Å². The topological polar surface area (TPSA) is 70.6 Å². The predicted molar refractivity (Wildman–Crippen MR) is 70.2 cm³/mol. The number of hydrogen-bond donors (Lipinski definition) is 3. The molecular formula is C13H20FN3O. The van der Waals surface area contributed by atoms with Gasteiger partial charge in [0, 0.05) is 12.5 Å². The van der Waals surface area contributed by atoms with Crippen LogP contribution >= 0.6 is 0 Å². The monoisotopic (exact) mass is 253 g/mol. The fourth-order valence-electron chi connectivity index (χ4n) is 1.77. The molecule has 0 aliphatic carbocycles. The van der Waals surface area contributed by atoms with E-state index < -0.39 is 0 Å². The van der Waals surface area contributed by atoms with Crippen molar-refractivity contribution in [1.29, 1.82) is 0 Å². The van der Waals surface area contributed by atoms with Gasteiger partial charge in [0.15, 0.2) is 0 Å². The number of amidine groups is 1. The van der Waals surface area contributed by atoms with E-state index in [-0.39, 0.29) is 17.7 Å². The Balaban J connectivity index is 2.35. The zero-order valence-corrected chi connectivity index (χ0v) is 10.6. The molecule has 4 nitrogen and oxygen atoms in total. The summed E-state index contributed by atoms with van der Waals surface area (Å²) < 4.78 is 13.0. The number of nitrogens with two attached hydrogens (primary N) is 1. The van der Waals surface area contributed by atoms with Gasteiger partial charge in [0.2, 0.25) is 0 Å². The van der Waals surface area contributed by atoms with Crippen molar-refractivity contribution in [2.75, 3.05) is 6.54 Å². The number of nitrogens with one attached hydrogen (secondary N) is 1.